The molecule has 1 saturated carbocycles. The van der Waals surface area contributed by atoms with E-state index in [1.54, 1.807) is 11.8 Å². The Kier molecular flexibility index (Phi) is 6.58. The second-order valence-corrected chi connectivity index (χ2v) is 10.4. The summed E-state index contributed by atoms with van der Waals surface area (Å²) >= 11 is 7.93. The van der Waals surface area contributed by atoms with Gasteiger partial charge in [0.05, 0.1) is 5.69 Å². The van der Waals surface area contributed by atoms with Crippen molar-refractivity contribution in [2.75, 3.05) is 12.3 Å². The van der Waals surface area contributed by atoms with E-state index in [2.05, 4.69) is 20.8 Å². The average Bonchev–Trinajstić information content (AvgIpc) is 2.64. The average molecular weight is 407 g/mol. The Morgan fingerprint density at radius 2 is 1.93 bits per heavy atom. The molecule has 27 heavy (non-hydrogen) atoms. The van der Waals surface area contributed by atoms with Gasteiger partial charge in [0.15, 0.2) is 5.17 Å². The van der Waals surface area contributed by atoms with Gasteiger partial charge in [0, 0.05) is 23.2 Å². The largest absolute Gasteiger partial charge is 0.291 e. The molecule has 2 aliphatic rings. The van der Waals surface area contributed by atoms with Gasteiger partial charge in [-0.05, 0) is 68.1 Å². The smallest absolute Gasteiger partial charge is 0.231 e. The van der Waals surface area contributed by atoms with Crippen LogP contribution in [0.15, 0.2) is 23.2 Å². The summed E-state index contributed by atoms with van der Waals surface area (Å²) in [5.74, 6) is 2.15. The van der Waals surface area contributed by atoms with E-state index < -0.39 is 0 Å². The molecule has 3 nitrogen and oxygen atoms in total. The molecular formula is C22H31ClN2OS. The maximum absolute atomic E-state index is 13.2. The van der Waals surface area contributed by atoms with E-state index in [4.69, 9.17) is 16.6 Å². The zero-order valence-electron chi connectivity index (χ0n) is 16.9. The SMILES string of the molecule is Cc1ccc(N=C2SCCCN2C(=O)C2CCC(C(C)(C)C)CC2)cc1Cl. The number of halogens is 1. The Balaban J connectivity index is 1.72. The molecule has 0 bridgehead atoms. The fraction of sp³-hybridized carbons (Fsp3) is 0.636. The number of amidine groups is 1. The zero-order chi connectivity index (χ0) is 19.6. The van der Waals surface area contributed by atoms with E-state index in [-0.39, 0.29) is 11.8 Å². The lowest BCUT2D eigenvalue weighted by Gasteiger charge is -2.38. The minimum atomic E-state index is 0.147. The van der Waals surface area contributed by atoms with E-state index in [0.717, 1.165) is 71.8 Å². The molecule has 0 spiro atoms. The Hall–Kier alpha value is -1.00. The molecule has 0 atom stereocenters. The molecule has 1 aliphatic heterocycles. The van der Waals surface area contributed by atoms with Crippen LogP contribution in [0.3, 0.4) is 0 Å². The first-order valence-corrected chi connectivity index (χ1v) is 11.4. The standard InChI is InChI=1S/C22H31ClN2OS/c1-15-6-11-18(14-19(15)23)24-21-25(12-5-13-27-21)20(26)16-7-9-17(10-8-16)22(2,3)4/h6,11,14,16-17H,5,7-10,12-13H2,1-4H3. The number of thioether (sulfide) groups is 1. The molecular weight excluding hydrogens is 376 g/mol. The molecule has 1 heterocycles. The van der Waals surface area contributed by atoms with Gasteiger partial charge in [-0.25, -0.2) is 4.99 Å². The number of rotatable bonds is 2. The van der Waals surface area contributed by atoms with Crippen LogP contribution < -0.4 is 0 Å². The fourth-order valence-electron chi connectivity index (χ4n) is 4.05. The van der Waals surface area contributed by atoms with Crippen molar-refractivity contribution in [3.63, 3.8) is 0 Å². The Labute approximate surface area is 173 Å². The number of benzene rings is 1. The van der Waals surface area contributed by atoms with Crippen molar-refractivity contribution in [2.45, 2.75) is 59.8 Å². The third-order valence-corrected chi connectivity index (χ3v) is 7.41. The van der Waals surface area contributed by atoms with E-state index in [9.17, 15) is 4.79 Å². The summed E-state index contributed by atoms with van der Waals surface area (Å²) in [6.07, 6.45) is 5.35. The third kappa shape index (κ3) is 5.08. The second kappa shape index (κ2) is 8.57. The third-order valence-electron chi connectivity index (χ3n) is 5.94. The first kappa shape index (κ1) is 20.7. The highest BCUT2D eigenvalue weighted by Crippen LogP contribution is 2.40. The highest BCUT2D eigenvalue weighted by Gasteiger charge is 2.35. The first-order chi connectivity index (χ1) is 12.8. The van der Waals surface area contributed by atoms with Crippen LogP contribution >= 0.6 is 23.4 Å². The van der Waals surface area contributed by atoms with Gasteiger partial charge in [-0.2, -0.15) is 0 Å². The number of aliphatic imine (C=N–C) groups is 1. The monoisotopic (exact) mass is 406 g/mol. The van der Waals surface area contributed by atoms with Crippen LogP contribution in [0.1, 0.15) is 58.4 Å². The predicted octanol–water partition coefficient (Wildman–Crippen LogP) is 6.45. The minimum Gasteiger partial charge on any atom is -0.291 e. The summed E-state index contributed by atoms with van der Waals surface area (Å²) in [6.45, 7) is 9.72. The molecule has 1 aliphatic carbocycles. The van der Waals surface area contributed by atoms with Crippen molar-refractivity contribution in [3.05, 3.63) is 28.8 Å². The fourth-order valence-corrected chi connectivity index (χ4v) is 5.18. The lowest BCUT2D eigenvalue weighted by Crippen LogP contribution is -2.44. The quantitative estimate of drug-likeness (QED) is 0.564. The van der Waals surface area contributed by atoms with Gasteiger partial charge in [0.1, 0.15) is 0 Å². The van der Waals surface area contributed by atoms with Crippen molar-refractivity contribution in [3.8, 4) is 0 Å². The molecule has 0 unspecified atom stereocenters. The summed E-state index contributed by atoms with van der Waals surface area (Å²) in [6, 6.07) is 5.84. The van der Waals surface area contributed by atoms with Crippen molar-refractivity contribution < 1.29 is 4.79 Å². The maximum atomic E-state index is 13.2. The molecule has 1 aromatic rings. The van der Waals surface area contributed by atoms with Crippen LogP contribution in [0.25, 0.3) is 0 Å². The molecule has 3 rings (SSSR count). The second-order valence-electron chi connectivity index (χ2n) is 8.93. The van der Waals surface area contributed by atoms with Crippen LogP contribution in [-0.2, 0) is 4.79 Å². The van der Waals surface area contributed by atoms with Crippen LogP contribution in [0.5, 0.6) is 0 Å². The number of hydrogen-bond donors (Lipinski definition) is 0. The number of carbonyl (C=O) groups is 1. The van der Waals surface area contributed by atoms with Gasteiger partial charge in [0.2, 0.25) is 5.91 Å². The van der Waals surface area contributed by atoms with E-state index in [1.165, 1.54) is 0 Å². The summed E-state index contributed by atoms with van der Waals surface area (Å²) in [7, 11) is 0. The molecule has 148 valence electrons. The molecule has 0 radical (unpaired) electrons. The molecule has 0 aromatic heterocycles. The van der Waals surface area contributed by atoms with Gasteiger partial charge < -0.3 is 0 Å². The van der Waals surface area contributed by atoms with Gasteiger partial charge in [-0.15, -0.1) is 0 Å². The van der Waals surface area contributed by atoms with Crippen molar-refractivity contribution in [2.24, 2.45) is 22.2 Å². The van der Waals surface area contributed by atoms with Gasteiger partial charge >= 0.3 is 0 Å². The topological polar surface area (TPSA) is 32.7 Å². The lowest BCUT2D eigenvalue weighted by molar-refractivity contribution is -0.133. The zero-order valence-corrected chi connectivity index (χ0v) is 18.5. The number of carbonyl (C=O) groups excluding carboxylic acids is 1. The lowest BCUT2D eigenvalue weighted by atomic mass is 9.69. The number of nitrogens with zero attached hydrogens (tertiary/aromatic N) is 2. The summed E-state index contributed by atoms with van der Waals surface area (Å²) in [4.78, 5) is 19.9. The molecule has 2 fully saturated rings. The number of aryl methyl sites for hydroxylation is 1. The van der Waals surface area contributed by atoms with Crippen LogP contribution in [0.4, 0.5) is 5.69 Å². The highest BCUT2D eigenvalue weighted by atomic mass is 35.5. The Morgan fingerprint density at radius 1 is 1.22 bits per heavy atom. The first-order valence-electron chi connectivity index (χ1n) is 10.0. The van der Waals surface area contributed by atoms with E-state index >= 15 is 0 Å². The van der Waals surface area contributed by atoms with Crippen molar-refractivity contribution in [1.29, 1.82) is 0 Å². The summed E-state index contributed by atoms with van der Waals surface area (Å²) in [5, 5.41) is 1.56. The summed E-state index contributed by atoms with van der Waals surface area (Å²) < 4.78 is 0. The van der Waals surface area contributed by atoms with E-state index in [0.29, 0.717) is 5.41 Å². The molecule has 1 amide bonds. The van der Waals surface area contributed by atoms with Crippen LogP contribution in [-0.4, -0.2) is 28.3 Å². The summed E-state index contributed by atoms with van der Waals surface area (Å²) in [5.41, 5.74) is 2.21. The minimum absolute atomic E-state index is 0.147. The highest BCUT2D eigenvalue weighted by molar-refractivity contribution is 8.13. The van der Waals surface area contributed by atoms with Gasteiger partial charge in [-0.3, -0.25) is 9.69 Å². The molecule has 5 heteroatoms. The van der Waals surface area contributed by atoms with Crippen molar-refractivity contribution >= 4 is 40.1 Å². The van der Waals surface area contributed by atoms with E-state index in [1.807, 2.05) is 30.0 Å². The van der Waals surface area contributed by atoms with Gasteiger partial charge in [0.25, 0.3) is 0 Å². The maximum Gasteiger partial charge on any atom is 0.231 e. The molecule has 0 N–H and O–H groups in total. The number of amides is 1. The van der Waals surface area contributed by atoms with Crippen molar-refractivity contribution in [1.82, 2.24) is 4.90 Å². The molecule has 1 saturated heterocycles. The Morgan fingerprint density at radius 3 is 2.56 bits per heavy atom. The Bertz CT molecular complexity index is 718. The van der Waals surface area contributed by atoms with Crippen LogP contribution in [0.2, 0.25) is 5.02 Å². The molecule has 1 aromatic carbocycles. The normalized spacial score (nSPS) is 25.7. The van der Waals surface area contributed by atoms with Crippen LogP contribution in [0, 0.1) is 24.2 Å². The predicted molar refractivity (Wildman–Crippen MR) is 117 cm³/mol. The number of hydrogen-bond acceptors (Lipinski definition) is 3. The van der Waals surface area contributed by atoms with Gasteiger partial charge in [-0.1, -0.05) is 50.2 Å².